The van der Waals surface area contributed by atoms with Crippen LogP contribution in [0.15, 0.2) is 18.2 Å². The Morgan fingerprint density at radius 1 is 1.31 bits per heavy atom. The van der Waals surface area contributed by atoms with Crippen molar-refractivity contribution in [3.63, 3.8) is 0 Å². The first-order valence-corrected chi connectivity index (χ1v) is 4.45. The van der Waals surface area contributed by atoms with Crippen LogP contribution in [0.1, 0.15) is 25.0 Å². The fraction of sp³-hybridized carbons (Fsp3) is 0.364. The van der Waals surface area contributed by atoms with Crippen molar-refractivity contribution < 1.29 is 4.79 Å². The number of nitrogens with one attached hydrogen (secondary N) is 1. The molecule has 2 nitrogen and oxygen atoms in total. The Morgan fingerprint density at radius 2 is 2.00 bits per heavy atom. The largest absolute Gasteiger partial charge is 0.325 e. The van der Waals surface area contributed by atoms with E-state index in [1.807, 2.05) is 39.0 Å². The Balaban J connectivity index is 2.70. The molecule has 1 heterocycles. The van der Waals surface area contributed by atoms with Gasteiger partial charge in [-0.05, 0) is 38.0 Å². The lowest BCUT2D eigenvalue weighted by Gasteiger charge is -2.16. The second-order valence-electron chi connectivity index (χ2n) is 4.08. The number of hydrogen-bond donors (Lipinski definition) is 1. The molecule has 0 bridgehead atoms. The summed E-state index contributed by atoms with van der Waals surface area (Å²) >= 11 is 0. The Hall–Kier alpha value is -1.31. The lowest BCUT2D eigenvalue weighted by molar-refractivity contribution is -0.119. The Morgan fingerprint density at radius 3 is 2.62 bits per heavy atom. The molecule has 68 valence electrons. The lowest BCUT2D eigenvalue weighted by Crippen LogP contribution is -2.27. The molecule has 0 radical (unpaired) electrons. The molecule has 0 atom stereocenters. The second kappa shape index (κ2) is 2.34. The number of anilines is 1. The molecule has 1 aromatic carbocycles. The minimum absolute atomic E-state index is 0.0943. The van der Waals surface area contributed by atoms with E-state index in [9.17, 15) is 4.79 Å². The van der Waals surface area contributed by atoms with Gasteiger partial charge in [0, 0.05) is 5.69 Å². The fourth-order valence-corrected chi connectivity index (χ4v) is 1.99. The smallest absolute Gasteiger partial charge is 0.234 e. The topological polar surface area (TPSA) is 29.1 Å². The summed E-state index contributed by atoms with van der Waals surface area (Å²) in [6.45, 7) is 5.96. The third-order valence-electron chi connectivity index (χ3n) is 2.71. The maximum Gasteiger partial charge on any atom is 0.234 e. The van der Waals surface area contributed by atoms with Gasteiger partial charge in [0.05, 0.1) is 5.41 Å². The van der Waals surface area contributed by atoms with Gasteiger partial charge in [-0.2, -0.15) is 0 Å². The van der Waals surface area contributed by atoms with Gasteiger partial charge in [0.1, 0.15) is 0 Å². The summed E-state index contributed by atoms with van der Waals surface area (Å²) in [7, 11) is 0. The second-order valence-corrected chi connectivity index (χ2v) is 4.08. The average Bonchev–Trinajstić information content (AvgIpc) is 2.24. The summed E-state index contributed by atoms with van der Waals surface area (Å²) in [4.78, 5) is 11.6. The molecule has 0 spiro atoms. The van der Waals surface area contributed by atoms with Gasteiger partial charge in [0.15, 0.2) is 0 Å². The Bertz CT molecular complexity index is 380. The highest BCUT2D eigenvalue weighted by atomic mass is 16.2. The van der Waals surface area contributed by atoms with Crippen LogP contribution in [-0.4, -0.2) is 5.91 Å². The summed E-state index contributed by atoms with van der Waals surface area (Å²) in [6.07, 6.45) is 0. The van der Waals surface area contributed by atoms with Gasteiger partial charge in [0.25, 0.3) is 0 Å². The fourth-order valence-electron chi connectivity index (χ4n) is 1.99. The maximum absolute atomic E-state index is 11.6. The zero-order valence-corrected chi connectivity index (χ0v) is 8.14. The van der Waals surface area contributed by atoms with E-state index < -0.39 is 0 Å². The number of carbonyl (C=O) groups is 1. The number of rotatable bonds is 0. The molecule has 2 rings (SSSR count). The number of fused-ring (bicyclic) bond motifs is 1. The Kier molecular flexibility index (Phi) is 1.50. The molecule has 13 heavy (non-hydrogen) atoms. The molecule has 1 aromatic rings. The van der Waals surface area contributed by atoms with Crippen LogP contribution < -0.4 is 5.32 Å². The third-order valence-corrected chi connectivity index (χ3v) is 2.71. The van der Waals surface area contributed by atoms with Crippen molar-refractivity contribution in [3.8, 4) is 0 Å². The molecule has 1 amide bonds. The van der Waals surface area contributed by atoms with Gasteiger partial charge >= 0.3 is 0 Å². The summed E-state index contributed by atoms with van der Waals surface area (Å²) in [5.41, 5.74) is 2.91. The predicted octanol–water partition coefficient (Wildman–Crippen LogP) is 2.22. The van der Waals surface area contributed by atoms with Crippen molar-refractivity contribution in [1.82, 2.24) is 0 Å². The summed E-state index contributed by atoms with van der Waals surface area (Å²) in [6, 6.07) is 5.96. The van der Waals surface area contributed by atoms with E-state index in [1.165, 1.54) is 5.56 Å². The summed E-state index contributed by atoms with van der Waals surface area (Å²) < 4.78 is 0. The van der Waals surface area contributed by atoms with E-state index in [2.05, 4.69) is 5.32 Å². The van der Waals surface area contributed by atoms with Gasteiger partial charge in [-0.25, -0.2) is 0 Å². The molecule has 1 aliphatic rings. The van der Waals surface area contributed by atoms with Crippen molar-refractivity contribution in [2.75, 3.05) is 5.32 Å². The van der Waals surface area contributed by atoms with E-state index in [4.69, 9.17) is 0 Å². The zero-order valence-electron chi connectivity index (χ0n) is 8.14. The number of amides is 1. The highest BCUT2D eigenvalue weighted by Gasteiger charge is 2.39. The summed E-state index contributed by atoms with van der Waals surface area (Å²) in [5.74, 6) is 0.0943. The van der Waals surface area contributed by atoms with Gasteiger partial charge in [-0.15, -0.1) is 0 Å². The normalized spacial score (nSPS) is 18.2. The van der Waals surface area contributed by atoms with E-state index in [-0.39, 0.29) is 11.3 Å². The number of benzene rings is 1. The monoisotopic (exact) mass is 175 g/mol. The van der Waals surface area contributed by atoms with E-state index in [1.54, 1.807) is 0 Å². The Labute approximate surface area is 78.0 Å². The lowest BCUT2D eigenvalue weighted by atomic mass is 9.83. The predicted molar refractivity (Wildman–Crippen MR) is 52.8 cm³/mol. The van der Waals surface area contributed by atoms with E-state index >= 15 is 0 Å². The van der Waals surface area contributed by atoms with Crippen molar-refractivity contribution in [1.29, 1.82) is 0 Å². The highest BCUT2D eigenvalue weighted by Crippen LogP contribution is 2.38. The third kappa shape index (κ3) is 0.981. The van der Waals surface area contributed by atoms with Crippen LogP contribution >= 0.6 is 0 Å². The molecular formula is C11H13NO. The molecule has 0 fully saturated rings. The van der Waals surface area contributed by atoms with Crippen LogP contribution in [-0.2, 0) is 10.2 Å². The first-order chi connectivity index (χ1) is 6.03. The minimum Gasteiger partial charge on any atom is -0.325 e. The van der Waals surface area contributed by atoms with Crippen LogP contribution in [0.4, 0.5) is 5.69 Å². The highest BCUT2D eigenvalue weighted by molar-refractivity contribution is 6.06. The maximum atomic E-state index is 11.6. The van der Waals surface area contributed by atoms with Gasteiger partial charge < -0.3 is 5.32 Å². The van der Waals surface area contributed by atoms with Crippen LogP contribution in [0, 0.1) is 6.92 Å². The first kappa shape index (κ1) is 8.30. The van der Waals surface area contributed by atoms with Crippen LogP contribution in [0.25, 0.3) is 0 Å². The zero-order chi connectivity index (χ0) is 9.64. The van der Waals surface area contributed by atoms with Crippen LogP contribution in [0.5, 0.6) is 0 Å². The molecule has 0 aliphatic carbocycles. The number of hydrogen-bond acceptors (Lipinski definition) is 1. The summed E-state index contributed by atoms with van der Waals surface area (Å²) in [5, 5.41) is 2.89. The SMILES string of the molecule is Cc1cccc2c1C(C)(C)C(=O)N2. The van der Waals surface area contributed by atoms with Crippen LogP contribution in [0.2, 0.25) is 0 Å². The van der Waals surface area contributed by atoms with E-state index in [0.29, 0.717) is 0 Å². The molecule has 1 N–H and O–H groups in total. The van der Waals surface area contributed by atoms with Crippen molar-refractivity contribution in [2.24, 2.45) is 0 Å². The molecule has 2 heteroatoms. The minimum atomic E-state index is -0.374. The van der Waals surface area contributed by atoms with Crippen molar-refractivity contribution in [3.05, 3.63) is 29.3 Å². The van der Waals surface area contributed by atoms with E-state index in [0.717, 1.165) is 11.3 Å². The number of aryl methyl sites for hydroxylation is 1. The molecule has 0 unspecified atom stereocenters. The molecule has 0 aromatic heterocycles. The number of carbonyl (C=O) groups excluding carboxylic acids is 1. The molecule has 1 aliphatic heterocycles. The standard InChI is InChI=1S/C11H13NO/c1-7-5-4-6-8-9(7)11(2,3)10(13)12-8/h4-6H,1-3H3,(H,12,13). The first-order valence-electron chi connectivity index (χ1n) is 4.45. The van der Waals surface area contributed by atoms with Crippen molar-refractivity contribution in [2.45, 2.75) is 26.2 Å². The molecular weight excluding hydrogens is 162 g/mol. The molecule has 0 saturated carbocycles. The van der Waals surface area contributed by atoms with Crippen molar-refractivity contribution >= 4 is 11.6 Å². The molecule has 0 saturated heterocycles. The van der Waals surface area contributed by atoms with Gasteiger partial charge in [0.2, 0.25) is 5.91 Å². The van der Waals surface area contributed by atoms with Gasteiger partial charge in [-0.1, -0.05) is 12.1 Å². The van der Waals surface area contributed by atoms with Crippen LogP contribution in [0.3, 0.4) is 0 Å². The average molecular weight is 175 g/mol. The van der Waals surface area contributed by atoms with Gasteiger partial charge in [-0.3, -0.25) is 4.79 Å². The quantitative estimate of drug-likeness (QED) is 0.643.